The van der Waals surface area contributed by atoms with Crippen LogP contribution >= 0.6 is 0 Å². The van der Waals surface area contributed by atoms with Crippen molar-refractivity contribution in [3.05, 3.63) is 36.5 Å². The van der Waals surface area contributed by atoms with Crippen molar-refractivity contribution in [2.45, 2.75) is 258 Å². The van der Waals surface area contributed by atoms with Gasteiger partial charge in [0.25, 0.3) is 0 Å². The number of allylic oxidation sites excluding steroid dienone is 6. The number of carbonyl (C=O) groups is 2. The van der Waals surface area contributed by atoms with Crippen LogP contribution < -0.4 is 0 Å². The summed E-state index contributed by atoms with van der Waals surface area (Å²) in [4.78, 5) is 22.9. The molecule has 0 aliphatic carbocycles. The molecule has 0 aromatic carbocycles. The molecule has 1 atom stereocenters. The zero-order valence-corrected chi connectivity index (χ0v) is 34.9. The highest BCUT2D eigenvalue weighted by molar-refractivity contribution is 5.69. The molecular formula is C48H88O4. The molecule has 0 heterocycles. The lowest BCUT2D eigenvalue weighted by atomic mass is 10.0. The molecular weight excluding hydrogens is 641 g/mol. The van der Waals surface area contributed by atoms with Gasteiger partial charge in [0.05, 0.1) is 0 Å². The number of carbonyl (C=O) groups excluding carboxylic acids is 1. The van der Waals surface area contributed by atoms with E-state index in [-0.39, 0.29) is 12.1 Å². The number of hydrogen-bond donors (Lipinski definition) is 1. The number of aliphatic carboxylic acids is 1. The number of unbranched alkanes of at least 4 members (excludes halogenated alkanes) is 28. The molecule has 52 heavy (non-hydrogen) atoms. The van der Waals surface area contributed by atoms with Crippen LogP contribution in [0, 0.1) is 0 Å². The second kappa shape index (κ2) is 43.6. The summed E-state index contributed by atoms with van der Waals surface area (Å²) >= 11 is 0. The third-order valence-corrected chi connectivity index (χ3v) is 10.4. The molecule has 0 radical (unpaired) electrons. The Hall–Kier alpha value is -1.84. The van der Waals surface area contributed by atoms with Crippen LogP contribution in [0.15, 0.2) is 36.5 Å². The van der Waals surface area contributed by atoms with Crippen molar-refractivity contribution in [3.63, 3.8) is 0 Å². The summed E-state index contributed by atoms with van der Waals surface area (Å²) in [6.07, 6.45) is 58.5. The minimum Gasteiger partial charge on any atom is -0.481 e. The molecule has 0 aliphatic heterocycles. The van der Waals surface area contributed by atoms with Gasteiger partial charge in [-0.3, -0.25) is 9.59 Å². The van der Waals surface area contributed by atoms with Gasteiger partial charge in [-0.1, -0.05) is 185 Å². The van der Waals surface area contributed by atoms with Crippen LogP contribution in [0.25, 0.3) is 0 Å². The van der Waals surface area contributed by atoms with Crippen molar-refractivity contribution in [1.82, 2.24) is 0 Å². The van der Waals surface area contributed by atoms with Gasteiger partial charge in [-0.05, 0) is 89.9 Å². The normalized spacial score (nSPS) is 12.5. The Kier molecular flexibility index (Phi) is 42.0. The van der Waals surface area contributed by atoms with E-state index >= 15 is 0 Å². The Labute approximate surface area is 324 Å². The summed E-state index contributed by atoms with van der Waals surface area (Å²) in [7, 11) is 0. The molecule has 0 aromatic heterocycles. The van der Waals surface area contributed by atoms with Crippen LogP contribution in [0.3, 0.4) is 0 Å². The van der Waals surface area contributed by atoms with Crippen LogP contribution in [0.2, 0.25) is 0 Å². The number of carboxylic acid groups (broad SMARTS) is 1. The van der Waals surface area contributed by atoms with Crippen molar-refractivity contribution in [1.29, 1.82) is 0 Å². The zero-order chi connectivity index (χ0) is 37.8. The zero-order valence-electron chi connectivity index (χ0n) is 34.9. The minimum atomic E-state index is -0.661. The van der Waals surface area contributed by atoms with E-state index in [1.807, 2.05) is 0 Å². The maximum atomic E-state index is 12.4. The van der Waals surface area contributed by atoms with Crippen LogP contribution in [-0.4, -0.2) is 23.1 Å². The van der Waals surface area contributed by atoms with E-state index in [4.69, 9.17) is 9.84 Å². The summed E-state index contributed by atoms with van der Waals surface area (Å²) in [6.45, 7) is 4.41. The molecule has 0 aromatic rings. The van der Waals surface area contributed by atoms with Crippen molar-refractivity contribution in [3.8, 4) is 0 Å². The molecule has 4 heteroatoms. The third-order valence-electron chi connectivity index (χ3n) is 10.4. The summed E-state index contributed by atoms with van der Waals surface area (Å²) in [6, 6.07) is 0. The largest absolute Gasteiger partial charge is 0.481 e. The summed E-state index contributed by atoms with van der Waals surface area (Å²) in [5.41, 5.74) is 0. The van der Waals surface area contributed by atoms with Gasteiger partial charge >= 0.3 is 11.9 Å². The third kappa shape index (κ3) is 42.6. The van der Waals surface area contributed by atoms with E-state index in [9.17, 15) is 9.59 Å². The number of ether oxygens (including phenoxy) is 1. The fourth-order valence-electron chi connectivity index (χ4n) is 6.91. The van der Waals surface area contributed by atoms with Crippen molar-refractivity contribution >= 4 is 11.9 Å². The quantitative estimate of drug-likeness (QED) is 0.0386. The Morgan fingerprint density at radius 3 is 1.21 bits per heavy atom. The number of esters is 1. The summed E-state index contributed by atoms with van der Waals surface area (Å²) in [5, 5.41) is 8.66. The van der Waals surface area contributed by atoms with E-state index in [1.54, 1.807) is 0 Å². The first-order chi connectivity index (χ1) is 25.6. The first kappa shape index (κ1) is 50.2. The summed E-state index contributed by atoms with van der Waals surface area (Å²) < 4.78 is 5.82. The van der Waals surface area contributed by atoms with Crippen LogP contribution in [0.1, 0.15) is 251 Å². The molecule has 0 aliphatic rings. The Morgan fingerprint density at radius 2 is 0.788 bits per heavy atom. The van der Waals surface area contributed by atoms with Gasteiger partial charge in [-0.2, -0.15) is 0 Å². The molecule has 0 saturated carbocycles. The van der Waals surface area contributed by atoms with Crippen LogP contribution in [0.5, 0.6) is 0 Å². The standard InChI is InChI=1S/C48H88O4/c1-3-5-6-7-8-9-10-11-12-13-14-15-16-21-24-27-30-33-36-39-42-45-48(51)52-46(4-2)43-40-37-34-31-28-25-22-19-17-18-20-23-26-29-32-35-38-41-44-47(49)50/h8-9,11-12,21,24,46H,3-7,10,13-20,22-23,25-45H2,1-2H3,(H,49,50)/b9-8-,12-11-,24-21-. The van der Waals surface area contributed by atoms with Gasteiger partial charge in [0.1, 0.15) is 6.10 Å². The maximum Gasteiger partial charge on any atom is 0.306 e. The first-order valence-corrected chi connectivity index (χ1v) is 23.0. The van der Waals surface area contributed by atoms with E-state index in [0.29, 0.717) is 12.8 Å². The highest BCUT2D eigenvalue weighted by Crippen LogP contribution is 2.17. The lowest BCUT2D eigenvalue weighted by Crippen LogP contribution is -2.17. The molecule has 1 unspecified atom stereocenters. The van der Waals surface area contributed by atoms with Gasteiger partial charge in [-0.25, -0.2) is 0 Å². The monoisotopic (exact) mass is 729 g/mol. The molecule has 1 N–H and O–H groups in total. The van der Waals surface area contributed by atoms with Gasteiger partial charge < -0.3 is 9.84 Å². The predicted octanol–water partition coefficient (Wildman–Crippen LogP) is 16.1. The van der Waals surface area contributed by atoms with E-state index < -0.39 is 5.97 Å². The van der Waals surface area contributed by atoms with Gasteiger partial charge in [0.2, 0.25) is 0 Å². The Balaban J connectivity index is 3.43. The molecule has 4 nitrogen and oxygen atoms in total. The van der Waals surface area contributed by atoms with Crippen molar-refractivity contribution in [2.24, 2.45) is 0 Å². The molecule has 0 spiro atoms. The predicted molar refractivity (Wildman–Crippen MR) is 227 cm³/mol. The second-order valence-electron chi connectivity index (χ2n) is 15.6. The molecule has 0 amide bonds. The topological polar surface area (TPSA) is 63.6 Å². The highest BCUT2D eigenvalue weighted by atomic mass is 16.5. The first-order valence-electron chi connectivity index (χ1n) is 23.0. The molecule has 0 saturated heterocycles. The number of carboxylic acids is 1. The average molecular weight is 729 g/mol. The lowest BCUT2D eigenvalue weighted by Gasteiger charge is -2.16. The van der Waals surface area contributed by atoms with E-state index in [0.717, 1.165) is 44.9 Å². The number of hydrogen-bond acceptors (Lipinski definition) is 3. The SMILES string of the molecule is CCCCC/C=C\C/C=C\CCCC/C=C\CCCCCCCC(=O)OC(CC)CCCCCCCCCCCCCCCCCCCCC(=O)O. The second-order valence-corrected chi connectivity index (χ2v) is 15.6. The van der Waals surface area contributed by atoms with Gasteiger partial charge in [-0.15, -0.1) is 0 Å². The van der Waals surface area contributed by atoms with Crippen molar-refractivity contribution in [2.75, 3.05) is 0 Å². The molecule has 0 rings (SSSR count). The van der Waals surface area contributed by atoms with E-state index in [2.05, 4.69) is 50.3 Å². The average Bonchev–Trinajstić information content (AvgIpc) is 3.14. The fraction of sp³-hybridized carbons (Fsp3) is 0.833. The Bertz CT molecular complexity index is 828. The molecule has 0 bridgehead atoms. The lowest BCUT2D eigenvalue weighted by molar-refractivity contribution is -0.149. The molecule has 304 valence electrons. The van der Waals surface area contributed by atoms with Gasteiger partial charge in [0.15, 0.2) is 0 Å². The van der Waals surface area contributed by atoms with Gasteiger partial charge in [0, 0.05) is 12.8 Å². The van der Waals surface area contributed by atoms with Crippen molar-refractivity contribution < 1.29 is 19.4 Å². The Morgan fingerprint density at radius 1 is 0.442 bits per heavy atom. The molecule has 0 fully saturated rings. The van der Waals surface area contributed by atoms with E-state index in [1.165, 1.54) is 180 Å². The maximum absolute atomic E-state index is 12.4. The minimum absolute atomic E-state index is 0.0154. The van der Waals surface area contributed by atoms with Crippen LogP contribution in [-0.2, 0) is 14.3 Å². The number of rotatable bonds is 42. The fourth-order valence-corrected chi connectivity index (χ4v) is 6.91. The van der Waals surface area contributed by atoms with Crippen LogP contribution in [0.4, 0.5) is 0 Å². The summed E-state index contributed by atoms with van der Waals surface area (Å²) in [5.74, 6) is -0.646. The smallest absolute Gasteiger partial charge is 0.306 e. The highest BCUT2D eigenvalue weighted by Gasteiger charge is 2.12.